The van der Waals surface area contributed by atoms with Gasteiger partial charge in [-0.15, -0.1) is 0 Å². The van der Waals surface area contributed by atoms with Crippen LogP contribution in [0.5, 0.6) is 0 Å². The quantitative estimate of drug-likeness (QED) is 0.0276. The minimum Gasteiger partial charge on any atom is -0.444 e. The molecule has 10 atom stereocenters. The minimum atomic E-state index is -1.71. The first-order valence-electron chi connectivity index (χ1n) is 28.9. The summed E-state index contributed by atoms with van der Waals surface area (Å²) in [6.07, 6.45) is 2.47. The third-order valence-electron chi connectivity index (χ3n) is 15.6. The van der Waals surface area contributed by atoms with Crippen molar-refractivity contribution in [3.05, 3.63) is 59.7 Å². The van der Waals surface area contributed by atoms with Gasteiger partial charge in [-0.25, -0.2) is 4.79 Å². The predicted molar refractivity (Wildman–Crippen MR) is 306 cm³/mol. The first kappa shape index (κ1) is 65.2. The lowest BCUT2D eigenvalue weighted by Gasteiger charge is -2.64. The van der Waals surface area contributed by atoms with Crippen LogP contribution in [-0.4, -0.2) is 134 Å². The second-order valence-corrected chi connectivity index (χ2v) is 24.7. The molecule has 0 aromatic heterocycles. The van der Waals surface area contributed by atoms with E-state index < -0.39 is 96.9 Å². The van der Waals surface area contributed by atoms with Gasteiger partial charge < -0.3 is 66.8 Å². The van der Waals surface area contributed by atoms with Crippen molar-refractivity contribution in [2.24, 2.45) is 34.8 Å². The summed E-state index contributed by atoms with van der Waals surface area (Å²) in [6, 6.07) is 11.8. The smallest absolute Gasteiger partial charge is 0.444 e. The van der Waals surface area contributed by atoms with Crippen molar-refractivity contribution in [1.29, 1.82) is 0 Å². The SMILES string of the molecule is CCCCc1ccc(-c2ccc(C(=O)NCCC(=O)NC(CCCCNC(=O)OC(C)(C)C)C(=O)NC(C(=O)NC(N)C(=O)NC(CC(C)C)C(=O)NC(CO)B3OC4CC5CC(C5(C)C)C4(C)O3)C(C)OCC(C)C)cc2)cc1. The second-order valence-electron chi connectivity index (χ2n) is 24.7. The standard InChI is InChI=1S/C59H93BN8O12/c1-13-14-17-38-19-21-39(22-20-38)40-23-25-41(26-24-40)51(71)62-29-27-48(70)64-43(18-15-16-28-63-56(76)78-57(7,8)9)52(72)67-49(37(6)77-34-36(4)5)54(74)68-50(61)55(75)65-44(30-35(2)3)53(73)66-47(33-69)60-79-46-32-42-31-45(58(42,10)11)59(46,12)80-60/h19-26,35-37,42-47,49-50,69H,13-18,27-34,61H2,1-12H3,(H,62,71)(H,63,76)(H,64,70)(H,65,75)(H,66,73)(H,67,72)(H,68,74). The van der Waals surface area contributed by atoms with E-state index in [4.69, 9.17) is 24.5 Å². The summed E-state index contributed by atoms with van der Waals surface area (Å²) in [5.74, 6) is -4.30. The highest BCUT2D eigenvalue weighted by molar-refractivity contribution is 6.48. The number of ether oxygens (including phenoxy) is 2. The van der Waals surface area contributed by atoms with E-state index in [9.17, 15) is 38.7 Å². The number of nitrogens with one attached hydrogen (secondary N) is 7. The number of carbonyl (C=O) groups is 7. The Morgan fingerprint density at radius 1 is 0.762 bits per heavy atom. The van der Waals surface area contributed by atoms with Gasteiger partial charge >= 0.3 is 13.2 Å². The molecular weight excluding hydrogens is 1020 g/mol. The van der Waals surface area contributed by atoms with Crippen molar-refractivity contribution in [3.63, 3.8) is 0 Å². The van der Waals surface area contributed by atoms with Crippen LogP contribution >= 0.6 is 0 Å². The Morgan fingerprint density at radius 3 is 2.01 bits per heavy atom. The van der Waals surface area contributed by atoms with Gasteiger partial charge in [0.2, 0.25) is 23.6 Å². The van der Waals surface area contributed by atoms with Gasteiger partial charge in [0.25, 0.3) is 11.8 Å². The van der Waals surface area contributed by atoms with Gasteiger partial charge in [-0.2, -0.15) is 0 Å². The highest BCUT2D eigenvalue weighted by Gasteiger charge is 2.68. The Bertz CT molecular complexity index is 2400. The van der Waals surface area contributed by atoms with Crippen LogP contribution in [0.3, 0.4) is 0 Å². The fourth-order valence-electron chi connectivity index (χ4n) is 10.9. The summed E-state index contributed by atoms with van der Waals surface area (Å²) in [7, 11) is -0.918. The van der Waals surface area contributed by atoms with E-state index in [2.05, 4.69) is 82.3 Å². The highest BCUT2D eigenvalue weighted by Crippen LogP contribution is 2.65. The first-order valence-corrected chi connectivity index (χ1v) is 28.9. The molecule has 3 saturated carbocycles. The third-order valence-corrected chi connectivity index (χ3v) is 15.6. The first-order chi connectivity index (χ1) is 37.6. The molecule has 80 heavy (non-hydrogen) atoms. The fraction of sp³-hybridized carbons (Fsp3) is 0.678. The lowest BCUT2D eigenvalue weighted by Crippen LogP contribution is -2.65. The lowest BCUT2D eigenvalue weighted by atomic mass is 9.43. The molecule has 0 spiro atoms. The zero-order valence-electron chi connectivity index (χ0n) is 49.5. The molecule has 2 aromatic carbocycles. The number of unbranched alkanes of at least 4 members (excludes halogenated alkanes) is 2. The van der Waals surface area contributed by atoms with Gasteiger partial charge in [-0.3, -0.25) is 28.8 Å². The number of carbonyl (C=O) groups excluding carboxylic acids is 7. The van der Waals surface area contributed by atoms with Crippen LogP contribution in [0.2, 0.25) is 0 Å². The molecule has 1 aliphatic heterocycles. The average molecular weight is 1120 g/mol. The molecule has 4 fully saturated rings. The van der Waals surface area contributed by atoms with Crippen LogP contribution in [0.15, 0.2) is 48.5 Å². The maximum atomic E-state index is 14.3. The third kappa shape index (κ3) is 18.5. The van der Waals surface area contributed by atoms with Crippen molar-refractivity contribution >= 4 is 48.7 Å². The zero-order valence-corrected chi connectivity index (χ0v) is 49.5. The van der Waals surface area contributed by atoms with Crippen molar-refractivity contribution in [1.82, 2.24) is 37.2 Å². The normalized spacial score (nSPS) is 21.4. The Morgan fingerprint density at radius 2 is 1.41 bits per heavy atom. The van der Waals surface area contributed by atoms with Crippen LogP contribution < -0.4 is 43.0 Å². The van der Waals surface area contributed by atoms with Crippen LogP contribution in [0.1, 0.15) is 157 Å². The fourth-order valence-corrected chi connectivity index (χ4v) is 10.9. The molecule has 444 valence electrons. The molecule has 21 heteroatoms. The minimum absolute atomic E-state index is 0.0373. The maximum absolute atomic E-state index is 14.3. The predicted octanol–water partition coefficient (Wildman–Crippen LogP) is 5.22. The Balaban J connectivity index is 1.22. The summed E-state index contributed by atoms with van der Waals surface area (Å²) >= 11 is 0. The molecule has 2 aromatic rings. The number of hydrogen-bond donors (Lipinski definition) is 9. The van der Waals surface area contributed by atoms with E-state index in [0.29, 0.717) is 24.3 Å². The molecule has 10 unspecified atom stereocenters. The number of aryl methyl sites for hydroxylation is 1. The molecule has 0 radical (unpaired) electrons. The molecule has 20 nitrogen and oxygen atoms in total. The number of aliphatic hydroxyl groups excluding tert-OH is 1. The molecule has 3 aliphatic carbocycles. The molecule has 1 heterocycles. The summed E-state index contributed by atoms with van der Waals surface area (Å²) in [5, 5.41) is 29.4. The molecule has 1 saturated heterocycles. The zero-order chi connectivity index (χ0) is 59.1. The van der Waals surface area contributed by atoms with E-state index in [1.807, 2.05) is 46.8 Å². The summed E-state index contributed by atoms with van der Waals surface area (Å²) in [5.41, 5.74) is 8.79. The highest BCUT2D eigenvalue weighted by atomic mass is 16.7. The maximum Gasteiger partial charge on any atom is 0.484 e. The number of alkyl carbamates (subject to hydrolysis) is 1. The van der Waals surface area contributed by atoms with E-state index in [0.717, 1.165) is 43.2 Å². The molecule has 10 N–H and O–H groups in total. The summed E-state index contributed by atoms with van der Waals surface area (Å²) < 4.78 is 24.2. The Hall–Kier alpha value is -5.61. The van der Waals surface area contributed by atoms with Crippen molar-refractivity contribution in [3.8, 4) is 11.1 Å². The van der Waals surface area contributed by atoms with E-state index in [1.165, 1.54) is 5.56 Å². The van der Waals surface area contributed by atoms with Gasteiger partial charge in [0, 0.05) is 31.7 Å². The number of nitrogens with two attached hydrogens (primary N) is 1. The van der Waals surface area contributed by atoms with Gasteiger partial charge in [0.1, 0.15) is 23.7 Å². The largest absolute Gasteiger partial charge is 0.484 e. The topological polar surface area (TPSA) is 287 Å². The molecular formula is C59H93BN8O12. The van der Waals surface area contributed by atoms with Gasteiger partial charge in [0.15, 0.2) is 6.17 Å². The lowest BCUT2D eigenvalue weighted by molar-refractivity contribution is -0.199. The number of amides is 7. The van der Waals surface area contributed by atoms with Crippen molar-refractivity contribution in [2.45, 2.75) is 201 Å². The molecule has 2 bridgehead atoms. The van der Waals surface area contributed by atoms with Gasteiger partial charge in [0.05, 0.1) is 30.4 Å². The van der Waals surface area contributed by atoms with Crippen LogP contribution in [0, 0.1) is 29.1 Å². The Kier molecular flexibility index (Phi) is 24.0. The van der Waals surface area contributed by atoms with Crippen molar-refractivity contribution in [2.75, 3.05) is 26.3 Å². The molecule has 4 aliphatic rings. The second kappa shape index (κ2) is 29.4. The van der Waals surface area contributed by atoms with E-state index in [1.54, 1.807) is 39.8 Å². The van der Waals surface area contributed by atoms with Gasteiger partial charge in [-0.1, -0.05) is 91.3 Å². The van der Waals surface area contributed by atoms with E-state index in [-0.39, 0.29) is 74.1 Å². The van der Waals surface area contributed by atoms with Crippen LogP contribution in [0.25, 0.3) is 11.1 Å². The number of benzene rings is 2. The summed E-state index contributed by atoms with van der Waals surface area (Å²) in [4.78, 5) is 95.2. The van der Waals surface area contributed by atoms with E-state index >= 15 is 0 Å². The average Bonchev–Trinajstić information content (AvgIpc) is 3.76. The number of aliphatic hydroxyl groups is 1. The number of rotatable bonds is 30. The Labute approximate surface area is 474 Å². The molecule has 7 amide bonds. The van der Waals surface area contributed by atoms with Gasteiger partial charge in [-0.05, 0) is 144 Å². The number of hydrogen-bond acceptors (Lipinski definition) is 13. The molecule has 6 rings (SSSR count). The summed E-state index contributed by atoms with van der Waals surface area (Å²) in [6.45, 7) is 22.9. The monoisotopic (exact) mass is 1120 g/mol. The van der Waals surface area contributed by atoms with Crippen LogP contribution in [0.4, 0.5) is 4.79 Å². The van der Waals surface area contributed by atoms with Crippen molar-refractivity contribution < 1.29 is 57.5 Å². The van der Waals surface area contributed by atoms with Crippen LogP contribution in [-0.2, 0) is 49.2 Å².